The van der Waals surface area contributed by atoms with E-state index in [1.165, 1.54) is 118 Å². The summed E-state index contributed by atoms with van der Waals surface area (Å²) in [6.07, 6.45) is 0. The molecule has 0 saturated heterocycles. The van der Waals surface area contributed by atoms with E-state index in [9.17, 15) is 0 Å². The topological polar surface area (TPSA) is 116 Å². The fraction of sp³-hybridized carbons (Fsp3) is 0. The van der Waals surface area contributed by atoms with Crippen LogP contribution in [-0.4, -0.2) is 88.4 Å². The molecule has 0 unspecified atom stereocenters. The molecule has 0 N–H and O–H groups in total. The molecule has 0 fully saturated rings. The molecule has 0 aliphatic rings. The van der Waals surface area contributed by atoms with Gasteiger partial charge in [0.05, 0.1) is 0 Å². The van der Waals surface area contributed by atoms with Gasteiger partial charge in [-0.3, -0.25) is 0 Å². The molecule has 0 aliphatic carbocycles. The average molecular weight is 1770 g/mol. The predicted octanol–water partition coefficient (Wildman–Crippen LogP) is 27.2. The first kappa shape index (κ1) is 74.6. The van der Waals surface area contributed by atoms with Crippen molar-refractivity contribution in [2.45, 2.75) is 0 Å². The van der Waals surface area contributed by atoms with E-state index in [4.69, 9.17) is 44.9 Å². The zero-order chi connectivity index (χ0) is 81.5. The molecule has 24 aromatic rings. The molecule has 0 spiro atoms. The van der Waals surface area contributed by atoms with Gasteiger partial charge in [0.25, 0.3) is 0 Å². The summed E-state index contributed by atoms with van der Waals surface area (Å²) < 4.78 is 8.75. The first-order valence-electron chi connectivity index (χ1n) is 40.9. The van der Waals surface area contributed by atoms with Crippen LogP contribution in [0.4, 0.5) is 0 Å². The number of fused-ring (bicyclic) bond motifs is 12. The normalized spacial score (nSPS) is 11.4. The Morgan fingerprint density at radius 2 is 0.382 bits per heavy atom. The second kappa shape index (κ2) is 32.8. The Morgan fingerprint density at radius 3 is 0.756 bits per heavy atom. The first-order chi connectivity index (χ1) is 61.0. The molecule has 0 atom stereocenters. The molecule has 123 heavy (non-hydrogen) atoms. The molecule has 9 nitrogen and oxygen atoms in total. The summed E-state index contributed by atoms with van der Waals surface area (Å²) in [4.78, 5) is 44.5. The van der Waals surface area contributed by atoms with E-state index in [1.54, 1.807) is 0 Å². The third-order valence-corrected chi connectivity index (χ3v) is 30.3. The average Bonchev–Trinajstić information content (AvgIpc) is 1.68. The van der Waals surface area contributed by atoms with E-state index in [-0.39, 0.29) is 43.5 Å². The van der Waals surface area contributed by atoms with Crippen LogP contribution in [0, 0.1) is 0 Å². The van der Waals surface area contributed by atoms with Crippen LogP contribution in [0.1, 0.15) is 0 Å². The van der Waals surface area contributed by atoms with Crippen LogP contribution < -0.4 is 0 Å². The molecule has 6 heterocycles. The zero-order valence-corrected chi connectivity index (χ0v) is 71.2. The van der Waals surface area contributed by atoms with Gasteiger partial charge in [0.1, 0.15) is 0 Å². The van der Waals surface area contributed by atoms with Gasteiger partial charge >= 0.3 is 672 Å². The van der Waals surface area contributed by atoms with Gasteiger partial charge in [-0.2, -0.15) is 0 Å². The van der Waals surface area contributed by atoms with E-state index in [1.807, 2.05) is 182 Å². The number of benzene rings is 18. The van der Waals surface area contributed by atoms with E-state index in [2.05, 4.69) is 237 Å². The Hall–Kier alpha value is -14.7. The maximum absolute atomic E-state index is 5.02. The van der Waals surface area contributed by atoms with E-state index >= 15 is 0 Å². The SMILES string of the molecule is c1ccc(-c2nc(-c3ccccc3)nc(-c3ccc4c(-c5cccc6c5[se]c5ccccc56)cccc4c3)n2)cc1.c1ccc(-c2nc(-c3ccccc3)nc(-c3ccc4cccc(-c5cccc6c5[se]c5ccccc56)c4c3)n2)cc1.c1ccc(-c2nc(-c3ccccc3)nc(-c3cccc4c(-c5cccc6c5[se]c5ccccc56)cccc34)n2)cc1. The Bertz CT molecular complexity index is 7830. The van der Waals surface area contributed by atoms with E-state index < -0.39 is 0 Å². The number of rotatable bonds is 12. The van der Waals surface area contributed by atoms with E-state index in [0.717, 1.165) is 55.5 Å². The van der Waals surface area contributed by atoms with Gasteiger partial charge in [-0.25, -0.2) is 0 Å². The van der Waals surface area contributed by atoms with Gasteiger partial charge in [-0.05, 0) is 0 Å². The predicted molar refractivity (Wildman–Crippen MR) is 513 cm³/mol. The van der Waals surface area contributed by atoms with Crippen LogP contribution >= 0.6 is 0 Å². The number of hydrogen-bond acceptors (Lipinski definition) is 9. The van der Waals surface area contributed by atoms with Crippen LogP contribution in [0.15, 0.2) is 419 Å². The number of aromatic nitrogens is 9. The zero-order valence-electron chi connectivity index (χ0n) is 66.1. The Morgan fingerprint density at radius 1 is 0.130 bits per heavy atom. The molecule has 0 bridgehead atoms. The summed E-state index contributed by atoms with van der Waals surface area (Å²) in [6.45, 7) is 0. The quantitative estimate of drug-likeness (QED) is 0.110. The summed E-state index contributed by atoms with van der Waals surface area (Å²) in [5.41, 5.74) is 16.5. The Labute approximate surface area is 727 Å². The molecule has 18 aromatic carbocycles. The van der Waals surface area contributed by atoms with Crippen molar-refractivity contribution in [1.82, 2.24) is 44.9 Å². The van der Waals surface area contributed by atoms with Crippen molar-refractivity contribution in [3.05, 3.63) is 419 Å². The summed E-state index contributed by atoms with van der Waals surface area (Å²) in [5, 5.41) is 15.4. The van der Waals surface area contributed by atoms with Crippen molar-refractivity contribution in [3.63, 3.8) is 0 Å². The summed E-state index contributed by atoms with van der Waals surface area (Å²) in [7, 11) is 0. The molecule has 0 amide bonds. The Balaban J connectivity index is 0.000000110. The van der Waals surface area contributed by atoms with Crippen molar-refractivity contribution in [1.29, 1.82) is 0 Å². The fourth-order valence-corrected chi connectivity index (χ4v) is 24.5. The maximum atomic E-state index is 5.02. The second-order valence-electron chi connectivity index (χ2n) is 30.1. The van der Waals surface area contributed by atoms with Gasteiger partial charge in [0, 0.05) is 0 Å². The van der Waals surface area contributed by atoms with Crippen LogP contribution in [-0.2, 0) is 0 Å². The van der Waals surface area contributed by atoms with E-state index in [0.29, 0.717) is 52.4 Å². The standard InChI is InChI=1S/3C37H23N3Se/c1-3-12-24(13-4-1)35-38-36(25-14-5-2-6-15-25)40-37(39-35)32-22-10-17-26-27(18-9-19-28(26)32)30-20-11-21-31-29-16-7-8-23-33(29)41-34(30)31;1-3-11-25(12-4-1)35-38-36(26-13-5-2-6-14-26)40-37(39-35)27-22-21-24-15-9-17-28(32(24)23-27)30-18-10-19-31-29-16-7-8-20-33(29)41-34(30)31;1-3-11-24(12-4-1)35-38-36(25-13-5-2-6-14-25)40-37(39-35)27-21-22-28-26(23-27)15-9-17-29(28)31-18-10-19-32-30-16-7-8-20-33(30)41-34(31)32/h3*1-23H. The molecule has 0 aliphatic heterocycles. The van der Waals surface area contributed by atoms with Crippen LogP contribution in [0.25, 0.3) is 226 Å². The molecule has 6 aromatic heterocycles. The minimum absolute atomic E-state index is 0.270. The van der Waals surface area contributed by atoms with Crippen molar-refractivity contribution in [3.8, 4) is 136 Å². The third-order valence-electron chi connectivity index (χ3n) is 22.6. The molecular formula is C111H69N9Se3. The van der Waals surface area contributed by atoms with Gasteiger partial charge in [-0.1, -0.05) is 60.7 Å². The van der Waals surface area contributed by atoms with Crippen LogP contribution in [0.5, 0.6) is 0 Å². The van der Waals surface area contributed by atoms with Gasteiger partial charge < -0.3 is 0 Å². The van der Waals surface area contributed by atoms with Crippen molar-refractivity contribution in [2.24, 2.45) is 0 Å². The Kier molecular flexibility index (Phi) is 19.9. The van der Waals surface area contributed by atoms with Crippen molar-refractivity contribution in [2.75, 3.05) is 0 Å². The fourth-order valence-electron chi connectivity index (χ4n) is 16.7. The molecule has 0 saturated carbocycles. The first-order valence-corrected chi connectivity index (χ1v) is 46.0. The second-order valence-corrected chi connectivity index (χ2v) is 36.8. The third kappa shape index (κ3) is 14.5. The number of hydrogen-bond donors (Lipinski definition) is 0. The summed E-state index contributed by atoms with van der Waals surface area (Å²) in [6, 6.07) is 147. The van der Waals surface area contributed by atoms with Gasteiger partial charge in [0.15, 0.2) is 0 Å². The minimum atomic E-state index is 0.270. The van der Waals surface area contributed by atoms with Crippen molar-refractivity contribution < 1.29 is 0 Å². The molecule has 24 rings (SSSR count). The summed E-state index contributed by atoms with van der Waals surface area (Å²) in [5.74, 6) is 6.04. The van der Waals surface area contributed by atoms with Gasteiger partial charge in [-0.15, -0.1) is 0 Å². The van der Waals surface area contributed by atoms with Gasteiger partial charge in [0.2, 0.25) is 0 Å². The molecular weight excluding hydrogens is 1700 g/mol. The number of nitrogens with zero attached hydrogens (tertiary/aromatic N) is 9. The molecule has 0 radical (unpaired) electrons. The summed E-state index contributed by atoms with van der Waals surface area (Å²) >= 11 is 0.828. The monoisotopic (exact) mass is 1770 g/mol. The van der Waals surface area contributed by atoms with Crippen molar-refractivity contribution >= 4 is 134 Å². The van der Waals surface area contributed by atoms with Crippen LogP contribution in [0.3, 0.4) is 0 Å². The molecule has 576 valence electrons. The van der Waals surface area contributed by atoms with Crippen LogP contribution in [0.2, 0.25) is 0 Å². The molecule has 12 heteroatoms.